The van der Waals surface area contributed by atoms with E-state index in [1.54, 1.807) is 0 Å². The molecule has 1 rings (SSSR count). The van der Waals surface area contributed by atoms with E-state index in [4.69, 9.17) is 10.5 Å². The number of rotatable bonds is 4. The van der Waals surface area contributed by atoms with Crippen molar-refractivity contribution in [3.63, 3.8) is 0 Å². The van der Waals surface area contributed by atoms with Gasteiger partial charge in [0.05, 0.1) is 6.10 Å². The van der Waals surface area contributed by atoms with Crippen molar-refractivity contribution < 1.29 is 9.53 Å². The second-order valence-corrected chi connectivity index (χ2v) is 4.98. The minimum absolute atomic E-state index is 0.0233. The fourth-order valence-electron chi connectivity index (χ4n) is 1.98. The van der Waals surface area contributed by atoms with Gasteiger partial charge in [0.25, 0.3) is 0 Å². The third-order valence-electron chi connectivity index (χ3n) is 2.92. The van der Waals surface area contributed by atoms with Gasteiger partial charge >= 0.3 is 0 Å². The highest BCUT2D eigenvalue weighted by Crippen LogP contribution is 2.20. The van der Waals surface area contributed by atoms with Crippen molar-refractivity contribution in [2.45, 2.75) is 70.7 Å². The molecule has 0 heterocycles. The van der Waals surface area contributed by atoms with Crippen molar-refractivity contribution in [3.05, 3.63) is 0 Å². The molecule has 0 spiro atoms. The average molecular weight is 228 g/mol. The van der Waals surface area contributed by atoms with E-state index < -0.39 is 0 Å². The molecular weight excluding hydrogens is 204 g/mol. The second kappa shape index (κ2) is 6.21. The lowest BCUT2D eigenvalue weighted by Crippen LogP contribution is -2.41. The first-order valence-electron chi connectivity index (χ1n) is 6.20. The SMILES string of the molecule is CC(C)NC(=O)C(C)OC1CCC(N)CC1. The van der Waals surface area contributed by atoms with Crippen LogP contribution in [0.25, 0.3) is 0 Å². The maximum Gasteiger partial charge on any atom is 0.249 e. The summed E-state index contributed by atoms with van der Waals surface area (Å²) >= 11 is 0. The summed E-state index contributed by atoms with van der Waals surface area (Å²) in [5, 5.41) is 2.85. The normalized spacial score (nSPS) is 27.8. The van der Waals surface area contributed by atoms with Crippen LogP contribution in [0.4, 0.5) is 0 Å². The molecule has 0 aliphatic heterocycles. The molecule has 1 saturated carbocycles. The van der Waals surface area contributed by atoms with Gasteiger partial charge in [-0.25, -0.2) is 0 Å². The molecule has 0 aromatic carbocycles. The van der Waals surface area contributed by atoms with Gasteiger partial charge in [0.2, 0.25) is 5.91 Å². The predicted molar refractivity (Wildman–Crippen MR) is 64.1 cm³/mol. The standard InChI is InChI=1S/C12H24N2O2/c1-8(2)14-12(15)9(3)16-11-6-4-10(13)5-7-11/h8-11H,4-7,13H2,1-3H3,(H,14,15). The Morgan fingerprint density at radius 3 is 2.31 bits per heavy atom. The number of hydrogen-bond donors (Lipinski definition) is 2. The Kier molecular flexibility index (Phi) is 5.22. The smallest absolute Gasteiger partial charge is 0.249 e. The highest BCUT2D eigenvalue weighted by molar-refractivity contribution is 5.80. The van der Waals surface area contributed by atoms with Crippen LogP contribution in [0.1, 0.15) is 46.5 Å². The molecule has 1 fully saturated rings. The molecule has 0 bridgehead atoms. The molecule has 4 heteroatoms. The summed E-state index contributed by atoms with van der Waals surface area (Å²) in [5.74, 6) is -0.0233. The van der Waals surface area contributed by atoms with Crippen LogP contribution in [-0.4, -0.2) is 30.2 Å². The van der Waals surface area contributed by atoms with Gasteiger partial charge in [-0.05, 0) is 46.5 Å². The fourth-order valence-corrected chi connectivity index (χ4v) is 1.98. The largest absolute Gasteiger partial charge is 0.365 e. The minimum atomic E-state index is -0.360. The molecule has 1 unspecified atom stereocenters. The van der Waals surface area contributed by atoms with E-state index in [1.165, 1.54) is 0 Å². The molecule has 3 N–H and O–H groups in total. The molecule has 0 saturated heterocycles. The topological polar surface area (TPSA) is 64.3 Å². The maximum atomic E-state index is 11.6. The van der Waals surface area contributed by atoms with E-state index in [0.29, 0.717) is 6.04 Å². The summed E-state index contributed by atoms with van der Waals surface area (Å²) in [7, 11) is 0. The van der Waals surface area contributed by atoms with Crippen molar-refractivity contribution in [1.82, 2.24) is 5.32 Å². The van der Waals surface area contributed by atoms with E-state index in [2.05, 4.69) is 5.32 Å². The average Bonchev–Trinajstić information content (AvgIpc) is 2.20. The maximum absolute atomic E-state index is 11.6. The van der Waals surface area contributed by atoms with E-state index >= 15 is 0 Å². The number of amides is 1. The monoisotopic (exact) mass is 228 g/mol. The highest BCUT2D eigenvalue weighted by atomic mass is 16.5. The molecule has 1 aliphatic carbocycles. The summed E-state index contributed by atoms with van der Waals surface area (Å²) in [6.07, 6.45) is 3.79. The third-order valence-corrected chi connectivity index (χ3v) is 2.92. The zero-order chi connectivity index (χ0) is 12.1. The first-order valence-corrected chi connectivity index (χ1v) is 6.20. The van der Waals surface area contributed by atoms with Crippen molar-refractivity contribution in [1.29, 1.82) is 0 Å². The molecule has 16 heavy (non-hydrogen) atoms. The lowest BCUT2D eigenvalue weighted by atomic mass is 9.93. The number of nitrogens with two attached hydrogens (primary N) is 1. The van der Waals surface area contributed by atoms with Crippen LogP contribution in [0, 0.1) is 0 Å². The van der Waals surface area contributed by atoms with E-state index in [-0.39, 0.29) is 24.2 Å². The Labute approximate surface area is 97.9 Å². The summed E-state index contributed by atoms with van der Waals surface area (Å²) in [4.78, 5) is 11.6. The second-order valence-electron chi connectivity index (χ2n) is 4.98. The first kappa shape index (κ1) is 13.5. The molecule has 1 atom stereocenters. The van der Waals surface area contributed by atoms with Crippen LogP contribution < -0.4 is 11.1 Å². The molecule has 0 radical (unpaired) electrons. The van der Waals surface area contributed by atoms with Crippen LogP contribution in [0.15, 0.2) is 0 Å². The van der Waals surface area contributed by atoms with Gasteiger partial charge in [-0.1, -0.05) is 0 Å². The minimum Gasteiger partial charge on any atom is -0.365 e. The lowest BCUT2D eigenvalue weighted by Gasteiger charge is -2.28. The molecular formula is C12H24N2O2. The van der Waals surface area contributed by atoms with Gasteiger partial charge < -0.3 is 15.8 Å². The number of nitrogens with one attached hydrogen (secondary N) is 1. The molecule has 94 valence electrons. The van der Waals surface area contributed by atoms with Gasteiger partial charge in [0.15, 0.2) is 0 Å². The van der Waals surface area contributed by atoms with Crippen molar-refractivity contribution in [2.75, 3.05) is 0 Å². The number of carbonyl (C=O) groups is 1. The van der Waals surface area contributed by atoms with Gasteiger partial charge in [-0.3, -0.25) is 4.79 Å². The Morgan fingerprint density at radius 1 is 1.25 bits per heavy atom. The Balaban J connectivity index is 2.28. The zero-order valence-corrected chi connectivity index (χ0v) is 10.5. The molecule has 1 aliphatic rings. The summed E-state index contributed by atoms with van der Waals surface area (Å²) < 4.78 is 5.73. The summed E-state index contributed by atoms with van der Waals surface area (Å²) in [6, 6.07) is 0.484. The molecule has 1 amide bonds. The number of carbonyl (C=O) groups excluding carboxylic acids is 1. The quantitative estimate of drug-likeness (QED) is 0.759. The van der Waals surface area contributed by atoms with Crippen molar-refractivity contribution >= 4 is 5.91 Å². The summed E-state index contributed by atoms with van der Waals surface area (Å²) in [6.45, 7) is 5.71. The van der Waals surface area contributed by atoms with Gasteiger partial charge in [-0.2, -0.15) is 0 Å². The summed E-state index contributed by atoms with van der Waals surface area (Å²) in [5.41, 5.74) is 5.82. The Bertz CT molecular complexity index is 223. The van der Waals surface area contributed by atoms with Gasteiger partial charge in [-0.15, -0.1) is 0 Å². The molecule has 4 nitrogen and oxygen atoms in total. The third kappa shape index (κ3) is 4.49. The van der Waals surface area contributed by atoms with Crippen LogP contribution in [0.2, 0.25) is 0 Å². The van der Waals surface area contributed by atoms with Gasteiger partial charge in [0, 0.05) is 12.1 Å². The number of ether oxygens (including phenoxy) is 1. The van der Waals surface area contributed by atoms with E-state index in [9.17, 15) is 4.79 Å². The Morgan fingerprint density at radius 2 is 1.81 bits per heavy atom. The van der Waals surface area contributed by atoms with Crippen LogP contribution in [0.3, 0.4) is 0 Å². The van der Waals surface area contributed by atoms with E-state index in [0.717, 1.165) is 25.7 Å². The van der Waals surface area contributed by atoms with Crippen LogP contribution in [0.5, 0.6) is 0 Å². The van der Waals surface area contributed by atoms with Crippen molar-refractivity contribution in [2.24, 2.45) is 5.73 Å². The zero-order valence-electron chi connectivity index (χ0n) is 10.5. The van der Waals surface area contributed by atoms with Gasteiger partial charge in [0.1, 0.15) is 6.10 Å². The predicted octanol–water partition coefficient (Wildman–Crippen LogP) is 1.19. The van der Waals surface area contributed by atoms with Crippen molar-refractivity contribution in [3.8, 4) is 0 Å². The van der Waals surface area contributed by atoms with Crippen LogP contribution >= 0.6 is 0 Å². The first-order chi connectivity index (χ1) is 7.49. The lowest BCUT2D eigenvalue weighted by molar-refractivity contribution is -0.137. The number of hydrogen-bond acceptors (Lipinski definition) is 3. The molecule has 0 aromatic heterocycles. The highest BCUT2D eigenvalue weighted by Gasteiger charge is 2.23. The Hall–Kier alpha value is -0.610. The fraction of sp³-hybridized carbons (Fsp3) is 0.917. The van der Waals surface area contributed by atoms with E-state index in [1.807, 2.05) is 20.8 Å². The van der Waals surface area contributed by atoms with Crippen LogP contribution in [-0.2, 0) is 9.53 Å². The molecule has 0 aromatic rings.